The second-order valence-electron chi connectivity index (χ2n) is 3.69. The van der Waals surface area contributed by atoms with Crippen molar-refractivity contribution < 1.29 is 4.39 Å². The van der Waals surface area contributed by atoms with Gasteiger partial charge in [-0.3, -0.25) is 0 Å². The topological polar surface area (TPSA) is 12.0 Å². The summed E-state index contributed by atoms with van der Waals surface area (Å²) >= 11 is 0. The first kappa shape index (κ1) is 8.70. The summed E-state index contributed by atoms with van der Waals surface area (Å²) in [4.78, 5) is 0. The third-order valence-corrected chi connectivity index (χ3v) is 2.58. The zero-order valence-electron chi connectivity index (χ0n) is 7.59. The highest BCUT2D eigenvalue weighted by atomic mass is 19.1. The molecule has 0 aromatic heterocycles. The second-order valence-corrected chi connectivity index (χ2v) is 3.69. The first-order chi connectivity index (χ1) is 6.34. The van der Waals surface area contributed by atoms with Gasteiger partial charge in [0.1, 0.15) is 5.82 Å². The standard InChI is InChI=1S/C11H14FN/c12-11-3-1-2-9(7-11)6-10-4-5-13-8-10/h1-3,7,10,13H,4-6,8H2. The maximum Gasteiger partial charge on any atom is 0.123 e. The molecule has 2 rings (SSSR count). The van der Waals surface area contributed by atoms with E-state index in [0.717, 1.165) is 25.1 Å². The van der Waals surface area contributed by atoms with Crippen LogP contribution in [0.5, 0.6) is 0 Å². The lowest BCUT2D eigenvalue weighted by Gasteiger charge is -2.07. The predicted molar refractivity (Wildman–Crippen MR) is 51.1 cm³/mol. The number of rotatable bonds is 2. The summed E-state index contributed by atoms with van der Waals surface area (Å²) in [5, 5.41) is 3.31. The van der Waals surface area contributed by atoms with Gasteiger partial charge in [0.05, 0.1) is 0 Å². The summed E-state index contributed by atoms with van der Waals surface area (Å²) in [5.74, 6) is 0.574. The van der Waals surface area contributed by atoms with E-state index in [1.165, 1.54) is 12.5 Å². The molecular formula is C11H14FN. The number of nitrogens with one attached hydrogen (secondary N) is 1. The number of benzene rings is 1. The third-order valence-electron chi connectivity index (χ3n) is 2.58. The quantitative estimate of drug-likeness (QED) is 0.732. The van der Waals surface area contributed by atoms with Crippen LogP contribution in [0, 0.1) is 11.7 Å². The lowest BCUT2D eigenvalue weighted by atomic mass is 9.99. The molecule has 0 bridgehead atoms. The molecular weight excluding hydrogens is 165 g/mol. The molecule has 0 radical (unpaired) electrons. The summed E-state index contributed by atoms with van der Waals surface area (Å²) < 4.78 is 12.8. The lowest BCUT2D eigenvalue weighted by molar-refractivity contribution is 0.573. The van der Waals surface area contributed by atoms with Gasteiger partial charge in [0, 0.05) is 0 Å². The Hall–Kier alpha value is -0.890. The Kier molecular flexibility index (Phi) is 2.60. The molecule has 0 spiro atoms. The first-order valence-corrected chi connectivity index (χ1v) is 4.80. The van der Waals surface area contributed by atoms with Crippen molar-refractivity contribution in [1.29, 1.82) is 0 Å². The monoisotopic (exact) mass is 179 g/mol. The number of hydrogen-bond donors (Lipinski definition) is 1. The number of hydrogen-bond acceptors (Lipinski definition) is 1. The third kappa shape index (κ3) is 2.28. The molecule has 1 aliphatic rings. The van der Waals surface area contributed by atoms with Crippen molar-refractivity contribution in [2.24, 2.45) is 5.92 Å². The maximum atomic E-state index is 12.8. The molecule has 1 N–H and O–H groups in total. The Morgan fingerprint density at radius 1 is 1.46 bits per heavy atom. The van der Waals surface area contributed by atoms with Crippen molar-refractivity contribution in [2.75, 3.05) is 13.1 Å². The Morgan fingerprint density at radius 3 is 3.08 bits per heavy atom. The fourth-order valence-corrected chi connectivity index (χ4v) is 1.89. The summed E-state index contributed by atoms with van der Waals surface area (Å²) in [6.07, 6.45) is 2.22. The Bertz CT molecular complexity index is 279. The lowest BCUT2D eigenvalue weighted by Crippen LogP contribution is -2.10. The largest absolute Gasteiger partial charge is 0.316 e. The molecule has 2 heteroatoms. The van der Waals surface area contributed by atoms with E-state index >= 15 is 0 Å². The Morgan fingerprint density at radius 2 is 2.38 bits per heavy atom. The SMILES string of the molecule is Fc1cccc(CC2CCNC2)c1. The van der Waals surface area contributed by atoms with Crippen LogP contribution in [-0.2, 0) is 6.42 Å². The smallest absolute Gasteiger partial charge is 0.123 e. The highest BCUT2D eigenvalue weighted by Crippen LogP contribution is 2.15. The molecule has 1 nitrogen and oxygen atoms in total. The molecule has 13 heavy (non-hydrogen) atoms. The van der Waals surface area contributed by atoms with Crippen LogP contribution in [-0.4, -0.2) is 13.1 Å². The summed E-state index contributed by atoms with van der Waals surface area (Å²) in [6, 6.07) is 6.92. The van der Waals surface area contributed by atoms with Gasteiger partial charge in [0.2, 0.25) is 0 Å². The van der Waals surface area contributed by atoms with Crippen molar-refractivity contribution in [3.05, 3.63) is 35.6 Å². The van der Waals surface area contributed by atoms with Gasteiger partial charge >= 0.3 is 0 Å². The molecule has 1 fully saturated rings. The van der Waals surface area contributed by atoms with Crippen molar-refractivity contribution in [1.82, 2.24) is 5.32 Å². The summed E-state index contributed by atoms with van der Waals surface area (Å²) in [5.41, 5.74) is 1.12. The molecule has 1 heterocycles. The van der Waals surface area contributed by atoms with Crippen LogP contribution >= 0.6 is 0 Å². The normalized spacial score (nSPS) is 22.1. The van der Waals surface area contributed by atoms with Gasteiger partial charge < -0.3 is 5.32 Å². The average molecular weight is 179 g/mol. The zero-order valence-corrected chi connectivity index (χ0v) is 7.59. The molecule has 1 unspecified atom stereocenters. The van der Waals surface area contributed by atoms with E-state index in [2.05, 4.69) is 5.32 Å². The molecule has 70 valence electrons. The van der Waals surface area contributed by atoms with E-state index in [4.69, 9.17) is 0 Å². The van der Waals surface area contributed by atoms with E-state index in [1.807, 2.05) is 6.07 Å². The van der Waals surface area contributed by atoms with E-state index in [9.17, 15) is 4.39 Å². The van der Waals surface area contributed by atoms with E-state index < -0.39 is 0 Å². The fraction of sp³-hybridized carbons (Fsp3) is 0.455. The Labute approximate surface area is 78.0 Å². The van der Waals surface area contributed by atoms with Gasteiger partial charge in [-0.1, -0.05) is 12.1 Å². The molecule has 1 aromatic rings. The first-order valence-electron chi connectivity index (χ1n) is 4.80. The fourth-order valence-electron chi connectivity index (χ4n) is 1.89. The zero-order chi connectivity index (χ0) is 9.10. The van der Waals surface area contributed by atoms with Gasteiger partial charge in [-0.25, -0.2) is 4.39 Å². The highest BCUT2D eigenvalue weighted by molar-refractivity contribution is 5.17. The minimum Gasteiger partial charge on any atom is -0.316 e. The van der Waals surface area contributed by atoms with E-state index in [-0.39, 0.29) is 5.82 Å². The summed E-state index contributed by atoms with van der Waals surface area (Å²) in [7, 11) is 0. The van der Waals surface area contributed by atoms with Crippen LogP contribution in [0.25, 0.3) is 0 Å². The maximum absolute atomic E-state index is 12.8. The van der Waals surface area contributed by atoms with E-state index in [0.29, 0.717) is 5.92 Å². The minimum absolute atomic E-state index is 0.122. The molecule has 0 amide bonds. The van der Waals surface area contributed by atoms with Gasteiger partial charge in [0.15, 0.2) is 0 Å². The van der Waals surface area contributed by atoms with Gasteiger partial charge in [0.25, 0.3) is 0 Å². The van der Waals surface area contributed by atoms with Crippen LogP contribution in [0.3, 0.4) is 0 Å². The summed E-state index contributed by atoms with van der Waals surface area (Å²) in [6.45, 7) is 2.19. The molecule has 1 aromatic carbocycles. The van der Waals surface area contributed by atoms with Crippen molar-refractivity contribution in [3.8, 4) is 0 Å². The molecule has 1 aliphatic heterocycles. The number of halogens is 1. The highest BCUT2D eigenvalue weighted by Gasteiger charge is 2.14. The molecule has 1 saturated heterocycles. The molecule has 0 aliphatic carbocycles. The van der Waals surface area contributed by atoms with Gasteiger partial charge in [-0.15, -0.1) is 0 Å². The molecule has 0 saturated carbocycles. The second kappa shape index (κ2) is 3.88. The van der Waals surface area contributed by atoms with Crippen LogP contribution in [0.4, 0.5) is 4.39 Å². The van der Waals surface area contributed by atoms with Crippen molar-refractivity contribution in [3.63, 3.8) is 0 Å². The van der Waals surface area contributed by atoms with Crippen molar-refractivity contribution >= 4 is 0 Å². The van der Waals surface area contributed by atoms with Crippen LogP contribution in [0.15, 0.2) is 24.3 Å². The molecule has 1 atom stereocenters. The Balaban J connectivity index is 2.00. The van der Waals surface area contributed by atoms with Gasteiger partial charge in [-0.05, 0) is 49.5 Å². The van der Waals surface area contributed by atoms with Crippen LogP contribution < -0.4 is 5.32 Å². The van der Waals surface area contributed by atoms with Gasteiger partial charge in [-0.2, -0.15) is 0 Å². The van der Waals surface area contributed by atoms with E-state index in [1.54, 1.807) is 12.1 Å². The average Bonchev–Trinajstić information content (AvgIpc) is 2.57. The predicted octanol–water partition coefficient (Wildman–Crippen LogP) is 1.98. The van der Waals surface area contributed by atoms with Crippen LogP contribution in [0.1, 0.15) is 12.0 Å². The van der Waals surface area contributed by atoms with Crippen molar-refractivity contribution in [2.45, 2.75) is 12.8 Å². The minimum atomic E-state index is -0.122. The van der Waals surface area contributed by atoms with Crippen LogP contribution in [0.2, 0.25) is 0 Å².